The SMILES string of the molecule is COc1c(N2CCCCC2=O)cc(F)cc1S(=O)(=O)N[C@@H](Cc1cc(-c2ccc(Cl)s2)on1)C(=O)O. The van der Waals surface area contributed by atoms with E-state index >= 15 is 0 Å². The van der Waals surface area contributed by atoms with Crippen molar-refractivity contribution in [3.8, 4) is 16.4 Å². The van der Waals surface area contributed by atoms with E-state index in [0.29, 0.717) is 33.9 Å². The molecule has 192 valence electrons. The van der Waals surface area contributed by atoms with E-state index in [0.717, 1.165) is 6.07 Å². The van der Waals surface area contributed by atoms with Crippen molar-refractivity contribution in [2.24, 2.45) is 0 Å². The predicted molar refractivity (Wildman–Crippen MR) is 129 cm³/mol. The van der Waals surface area contributed by atoms with Crippen LogP contribution < -0.4 is 14.4 Å². The van der Waals surface area contributed by atoms with Crippen molar-refractivity contribution in [1.82, 2.24) is 9.88 Å². The standard InChI is InChI=1S/C22H21ClFN3O7S2/c1-33-21-15(27-7-3-2-4-20(27)28)8-12(24)9-18(21)36(31,32)26-14(22(29)30)10-13-11-16(34-25-13)17-5-6-19(23)35-17/h5-6,8-9,11,14,26H,2-4,7,10H2,1H3,(H,29,30)/t14-/m0/s1. The fraction of sp³-hybridized carbons (Fsp3) is 0.318. The van der Waals surface area contributed by atoms with Crippen LogP contribution in [0.3, 0.4) is 0 Å². The smallest absolute Gasteiger partial charge is 0.322 e. The van der Waals surface area contributed by atoms with Crippen molar-refractivity contribution in [3.63, 3.8) is 0 Å². The zero-order valence-electron chi connectivity index (χ0n) is 18.9. The normalized spacial score (nSPS) is 15.2. The number of hydrogen-bond donors (Lipinski definition) is 2. The first-order valence-electron chi connectivity index (χ1n) is 10.7. The van der Waals surface area contributed by atoms with Gasteiger partial charge in [0.25, 0.3) is 0 Å². The molecule has 4 rings (SSSR count). The van der Waals surface area contributed by atoms with Gasteiger partial charge in [0.15, 0.2) is 11.5 Å². The summed E-state index contributed by atoms with van der Waals surface area (Å²) in [4.78, 5) is 25.6. The lowest BCUT2D eigenvalue weighted by molar-refractivity contribution is -0.139. The zero-order chi connectivity index (χ0) is 26.0. The number of piperidine rings is 1. The third-order valence-electron chi connectivity index (χ3n) is 5.49. The van der Waals surface area contributed by atoms with Gasteiger partial charge in [0.1, 0.15) is 16.8 Å². The number of ether oxygens (including phenoxy) is 1. The molecule has 1 aliphatic rings. The van der Waals surface area contributed by atoms with E-state index in [1.165, 1.54) is 29.4 Å². The summed E-state index contributed by atoms with van der Waals surface area (Å²) in [6.07, 6.45) is 1.21. The number of rotatable bonds is 9. The van der Waals surface area contributed by atoms with Gasteiger partial charge in [-0.3, -0.25) is 9.59 Å². The number of aromatic nitrogens is 1. The summed E-state index contributed by atoms with van der Waals surface area (Å²) in [7, 11) is -3.43. The molecule has 1 amide bonds. The van der Waals surface area contributed by atoms with Crippen LogP contribution in [0, 0.1) is 5.82 Å². The number of amides is 1. The number of carbonyl (C=O) groups excluding carboxylic acids is 1. The lowest BCUT2D eigenvalue weighted by Gasteiger charge is -2.29. The number of aliphatic carboxylic acids is 1. The quantitative estimate of drug-likeness (QED) is 0.406. The van der Waals surface area contributed by atoms with E-state index in [4.69, 9.17) is 20.9 Å². The molecule has 0 saturated carbocycles. The molecule has 1 saturated heterocycles. The van der Waals surface area contributed by atoms with E-state index < -0.39 is 32.7 Å². The second kappa shape index (κ2) is 10.5. The van der Waals surface area contributed by atoms with Crippen molar-refractivity contribution < 1.29 is 36.8 Å². The summed E-state index contributed by atoms with van der Waals surface area (Å²) in [5.74, 6) is -2.62. The average molecular weight is 558 g/mol. The number of nitrogens with zero attached hydrogens (tertiary/aromatic N) is 2. The Bertz CT molecular complexity index is 1410. The van der Waals surface area contributed by atoms with Crippen LogP contribution in [0.4, 0.5) is 10.1 Å². The Morgan fingerprint density at radius 1 is 1.36 bits per heavy atom. The molecule has 1 aliphatic heterocycles. The Morgan fingerprint density at radius 2 is 2.14 bits per heavy atom. The molecule has 0 unspecified atom stereocenters. The Labute approximate surface area is 214 Å². The first-order valence-corrected chi connectivity index (χ1v) is 13.4. The highest BCUT2D eigenvalue weighted by Crippen LogP contribution is 2.38. The number of sulfonamides is 1. The average Bonchev–Trinajstić information content (AvgIpc) is 3.47. The maximum atomic E-state index is 14.5. The third kappa shape index (κ3) is 5.53. The number of halogens is 2. The predicted octanol–water partition coefficient (Wildman–Crippen LogP) is 3.70. The summed E-state index contributed by atoms with van der Waals surface area (Å²) >= 11 is 7.15. The van der Waals surface area contributed by atoms with Crippen LogP contribution in [-0.4, -0.2) is 50.3 Å². The van der Waals surface area contributed by atoms with Gasteiger partial charge in [0.2, 0.25) is 15.9 Å². The first-order chi connectivity index (χ1) is 17.1. The van der Waals surface area contributed by atoms with Gasteiger partial charge in [-0.1, -0.05) is 16.8 Å². The molecule has 0 aliphatic carbocycles. The number of benzene rings is 1. The summed E-state index contributed by atoms with van der Waals surface area (Å²) in [5, 5.41) is 13.5. The lowest BCUT2D eigenvalue weighted by atomic mass is 10.1. The Hall–Kier alpha value is -3.00. The van der Waals surface area contributed by atoms with Crippen LogP contribution in [0.1, 0.15) is 25.0 Å². The van der Waals surface area contributed by atoms with Crippen molar-refractivity contribution in [1.29, 1.82) is 0 Å². The fourth-order valence-electron chi connectivity index (χ4n) is 3.83. The number of nitrogens with one attached hydrogen (secondary N) is 1. The molecule has 1 aromatic carbocycles. The van der Waals surface area contributed by atoms with Crippen molar-refractivity contribution in [3.05, 3.63) is 46.2 Å². The maximum Gasteiger partial charge on any atom is 0.322 e. The van der Waals surface area contributed by atoms with Crippen LogP contribution >= 0.6 is 22.9 Å². The van der Waals surface area contributed by atoms with Gasteiger partial charge in [0.05, 0.1) is 27.7 Å². The van der Waals surface area contributed by atoms with E-state index in [1.807, 2.05) is 0 Å². The first kappa shape index (κ1) is 26.1. The molecule has 3 aromatic rings. The minimum Gasteiger partial charge on any atom is -0.493 e. The third-order valence-corrected chi connectivity index (χ3v) is 8.21. The van der Waals surface area contributed by atoms with Crippen molar-refractivity contribution >= 4 is 50.5 Å². The topological polar surface area (TPSA) is 139 Å². The molecule has 0 bridgehead atoms. The van der Waals surface area contributed by atoms with Gasteiger partial charge in [-0.25, -0.2) is 12.8 Å². The molecule has 2 N–H and O–H groups in total. The van der Waals surface area contributed by atoms with Gasteiger partial charge in [0, 0.05) is 31.5 Å². The van der Waals surface area contributed by atoms with Gasteiger partial charge in [-0.05, 0) is 31.0 Å². The van der Waals surface area contributed by atoms with E-state index in [1.54, 1.807) is 12.1 Å². The molecule has 14 heteroatoms. The number of anilines is 1. The Kier molecular flexibility index (Phi) is 7.64. The highest BCUT2D eigenvalue weighted by atomic mass is 35.5. The monoisotopic (exact) mass is 557 g/mol. The minimum absolute atomic E-state index is 0.0369. The van der Waals surface area contributed by atoms with E-state index in [9.17, 15) is 27.5 Å². The van der Waals surface area contributed by atoms with Crippen molar-refractivity contribution in [2.45, 2.75) is 36.6 Å². The van der Waals surface area contributed by atoms with Crippen molar-refractivity contribution in [2.75, 3.05) is 18.6 Å². The molecule has 0 radical (unpaired) electrons. The lowest BCUT2D eigenvalue weighted by Crippen LogP contribution is -2.42. The molecule has 2 aromatic heterocycles. The van der Waals surface area contributed by atoms with Crippen LogP contribution in [0.5, 0.6) is 5.75 Å². The van der Waals surface area contributed by atoms with Gasteiger partial charge < -0.3 is 19.3 Å². The van der Waals surface area contributed by atoms with Crippen LogP contribution in [0.25, 0.3) is 10.6 Å². The number of methoxy groups -OCH3 is 1. The second-order valence-electron chi connectivity index (χ2n) is 7.96. The maximum absolute atomic E-state index is 14.5. The molecule has 1 fully saturated rings. The number of carboxylic acid groups (broad SMARTS) is 1. The molecule has 3 heterocycles. The van der Waals surface area contributed by atoms with E-state index in [-0.39, 0.29) is 42.4 Å². The summed E-state index contributed by atoms with van der Waals surface area (Å²) in [6, 6.07) is 4.92. The van der Waals surface area contributed by atoms with Crippen LogP contribution in [-0.2, 0) is 26.0 Å². The van der Waals surface area contributed by atoms with Crippen LogP contribution in [0.15, 0.2) is 39.8 Å². The van der Waals surface area contributed by atoms with Gasteiger partial charge >= 0.3 is 5.97 Å². The number of thiophene rings is 1. The summed E-state index contributed by atoms with van der Waals surface area (Å²) in [5.41, 5.74) is 0.139. The molecule has 10 nitrogen and oxygen atoms in total. The summed E-state index contributed by atoms with van der Waals surface area (Å²) in [6.45, 7) is 0.271. The number of hydrogen-bond acceptors (Lipinski definition) is 8. The van der Waals surface area contributed by atoms with Gasteiger partial charge in [-0.15, -0.1) is 11.3 Å². The molecular weight excluding hydrogens is 537 g/mol. The Morgan fingerprint density at radius 3 is 2.78 bits per heavy atom. The van der Waals surface area contributed by atoms with E-state index in [2.05, 4.69) is 9.88 Å². The molecular formula is C22H21ClFN3O7S2. The zero-order valence-corrected chi connectivity index (χ0v) is 21.3. The molecule has 36 heavy (non-hydrogen) atoms. The fourth-order valence-corrected chi connectivity index (χ4v) is 6.21. The van der Waals surface area contributed by atoms with Gasteiger partial charge in [-0.2, -0.15) is 4.72 Å². The Balaban J connectivity index is 1.63. The minimum atomic E-state index is -4.62. The molecule has 0 spiro atoms. The molecule has 1 atom stereocenters. The summed E-state index contributed by atoms with van der Waals surface area (Å²) < 4.78 is 54.1. The number of carbonyl (C=O) groups is 2. The highest BCUT2D eigenvalue weighted by Gasteiger charge is 2.33. The number of carboxylic acids is 1. The second-order valence-corrected chi connectivity index (χ2v) is 11.4. The van der Waals surface area contributed by atoms with Crippen LogP contribution in [0.2, 0.25) is 4.34 Å². The largest absolute Gasteiger partial charge is 0.493 e. The highest BCUT2D eigenvalue weighted by molar-refractivity contribution is 7.89.